The number of amides is 2. The molecule has 0 spiro atoms. The summed E-state index contributed by atoms with van der Waals surface area (Å²) in [6.07, 6.45) is 0.814. The average molecular weight is 387 g/mol. The predicted octanol–water partition coefficient (Wildman–Crippen LogP) is 3.73. The minimum Gasteiger partial charge on any atom is -0.358 e. The maximum absolute atomic E-state index is 13.6. The number of fused-ring (bicyclic) bond motifs is 4. The Bertz CT molecular complexity index is 1110. The Kier molecular flexibility index (Phi) is 4.19. The van der Waals surface area contributed by atoms with Crippen LogP contribution in [0.5, 0.6) is 0 Å². The summed E-state index contributed by atoms with van der Waals surface area (Å²) in [6.45, 7) is 5.84. The summed E-state index contributed by atoms with van der Waals surface area (Å²) in [6, 6.07) is 15.5. The van der Waals surface area contributed by atoms with Gasteiger partial charge in [-0.15, -0.1) is 0 Å². The fraction of sp³-hybridized carbons (Fsp3) is 0.333. The van der Waals surface area contributed by atoms with Crippen LogP contribution in [0.1, 0.15) is 41.0 Å². The van der Waals surface area contributed by atoms with Crippen molar-refractivity contribution in [1.82, 2.24) is 14.8 Å². The molecule has 0 saturated carbocycles. The predicted molar refractivity (Wildman–Crippen MR) is 112 cm³/mol. The molecule has 0 radical (unpaired) electrons. The molecule has 5 rings (SSSR count). The summed E-state index contributed by atoms with van der Waals surface area (Å²) in [4.78, 5) is 33.8. The van der Waals surface area contributed by atoms with Crippen molar-refractivity contribution in [3.63, 3.8) is 0 Å². The highest BCUT2D eigenvalue weighted by Crippen LogP contribution is 2.31. The van der Waals surface area contributed by atoms with Crippen LogP contribution in [0, 0.1) is 5.92 Å². The molecule has 0 saturated heterocycles. The Hall–Kier alpha value is -3.08. The number of nitrogens with zero attached hydrogens (tertiary/aromatic N) is 2. The molecule has 2 aromatic carbocycles. The van der Waals surface area contributed by atoms with E-state index in [1.165, 1.54) is 16.6 Å². The second-order valence-corrected chi connectivity index (χ2v) is 8.42. The Balaban J connectivity index is 1.44. The van der Waals surface area contributed by atoms with Crippen molar-refractivity contribution in [3.05, 3.63) is 70.9 Å². The molecule has 5 heteroatoms. The van der Waals surface area contributed by atoms with Crippen molar-refractivity contribution < 1.29 is 9.59 Å². The Morgan fingerprint density at radius 3 is 2.59 bits per heavy atom. The zero-order valence-electron chi connectivity index (χ0n) is 16.8. The molecule has 2 aliphatic heterocycles. The van der Waals surface area contributed by atoms with Crippen molar-refractivity contribution in [3.8, 4) is 0 Å². The van der Waals surface area contributed by atoms with Crippen LogP contribution < -0.4 is 0 Å². The number of para-hydroxylation sites is 1. The first-order valence-electron chi connectivity index (χ1n) is 10.3. The Morgan fingerprint density at radius 1 is 1.03 bits per heavy atom. The van der Waals surface area contributed by atoms with E-state index in [4.69, 9.17) is 0 Å². The summed E-state index contributed by atoms with van der Waals surface area (Å²) in [5.74, 6) is 0.0691. The van der Waals surface area contributed by atoms with Crippen molar-refractivity contribution in [2.45, 2.75) is 39.4 Å². The number of H-pyrrole nitrogens is 1. The van der Waals surface area contributed by atoms with Gasteiger partial charge in [0.25, 0.3) is 5.91 Å². The lowest BCUT2D eigenvalue weighted by Crippen LogP contribution is -2.52. The van der Waals surface area contributed by atoms with Gasteiger partial charge in [0.05, 0.1) is 0 Å². The van der Waals surface area contributed by atoms with Gasteiger partial charge in [-0.3, -0.25) is 9.59 Å². The first-order valence-corrected chi connectivity index (χ1v) is 10.3. The van der Waals surface area contributed by atoms with Crippen LogP contribution in [0.25, 0.3) is 10.9 Å². The maximum atomic E-state index is 13.6. The molecule has 2 aliphatic rings. The number of nitrogens with one attached hydrogen (secondary N) is 1. The van der Waals surface area contributed by atoms with Gasteiger partial charge in [-0.25, -0.2) is 0 Å². The maximum Gasteiger partial charge on any atom is 0.255 e. The SMILES string of the molecule is CC(C)C(C(=O)N1CCc2[nH]c3ccccc3c2C1)N1Cc2ccccc2C1=O. The van der Waals surface area contributed by atoms with E-state index in [-0.39, 0.29) is 17.7 Å². The van der Waals surface area contributed by atoms with Gasteiger partial charge < -0.3 is 14.8 Å². The standard InChI is InChI=1S/C24H25N3O2/c1-15(2)22(27-13-16-7-3-4-8-17(16)23(27)28)24(29)26-12-11-21-19(14-26)18-9-5-6-10-20(18)25-21/h3-10,15,22,25H,11-14H2,1-2H3. The highest BCUT2D eigenvalue weighted by molar-refractivity contribution is 6.01. The van der Waals surface area contributed by atoms with Crippen LogP contribution in [-0.4, -0.2) is 39.2 Å². The minimum atomic E-state index is -0.443. The van der Waals surface area contributed by atoms with Crippen LogP contribution in [0.4, 0.5) is 0 Å². The number of hydrogen-bond acceptors (Lipinski definition) is 2. The molecule has 3 heterocycles. The first-order chi connectivity index (χ1) is 14.0. The largest absolute Gasteiger partial charge is 0.358 e. The lowest BCUT2D eigenvalue weighted by atomic mass is 9.98. The van der Waals surface area contributed by atoms with Gasteiger partial charge in [0.1, 0.15) is 6.04 Å². The highest BCUT2D eigenvalue weighted by Gasteiger charge is 2.40. The van der Waals surface area contributed by atoms with Crippen LogP contribution in [-0.2, 0) is 24.3 Å². The summed E-state index contributed by atoms with van der Waals surface area (Å²) >= 11 is 0. The third-order valence-corrected chi connectivity index (χ3v) is 6.26. The van der Waals surface area contributed by atoms with E-state index in [1.807, 2.05) is 55.1 Å². The van der Waals surface area contributed by atoms with Gasteiger partial charge in [-0.2, -0.15) is 0 Å². The van der Waals surface area contributed by atoms with Gasteiger partial charge in [0, 0.05) is 53.8 Å². The molecular formula is C24H25N3O2. The number of rotatable bonds is 3. The van der Waals surface area contributed by atoms with Gasteiger partial charge in [-0.1, -0.05) is 50.2 Å². The van der Waals surface area contributed by atoms with Crippen molar-refractivity contribution >= 4 is 22.7 Å². The van der Waals surface area contributed by atoms with Crippen molar-refractivity contribution in [1.29, 1.82) is 0 Å². The zero-order chi connectivity index (χ0) is 20.1. The molecule has 0 bridgehead atoms. The minimum absolute atomic E-state index is 0.0301. The molecule has 1 atom stereocenters. The third kappa shape index (κ3) is 2.84. The van der Waals surface area contributed by atoms with E-state index >= 15 is 0 Å². The average Bonchev–Trinajstić information content (AvgIpc) is 3.25. The molecule has 29 heavy (non-hydrogen) atoms. The van der Waals surface area contributed by atoms with Gasteiger partial charge in [-0.05, 0) is 23.6 Å². The molecule has 1 unspecified atom stereocenters. The number of aromatic amines is 1. The lowest BCUT2D eigenvalue weighted by Gasteiger charge is -2.36. The lowest BCUT2D eigenvalue weighted by molar-refractivity contribution is -0.138. The summed E-state index contributed by atoms with van der Waals surface area (Å²) in [7, 11) is 0. The van der Waals surface area contributed by atoms with E-state index in [1.54, 1.807) is 4.90 Å². The van der Waals surface area contributed by atoms with Crippen molar-refractivity contribution in [2.75, 3.05) is 6.54 Å². The number of hydrogen-bond donors (Lipinski definition) is 1. The number of carbonyl (C=O) groups is 2. The quantitative estimate of drug-likeness (QED) is 0.744. The normalized spacial score (nSPS) is 17.0. The van der Waals surface area contributed by atoms with E-state index in [9.17, 15) is 9.59 Å². The molecule has 148 valence electrons. The van der Waals surface area contributed by atoms with Gasteiger partial charge in [0.15, 0.2) is 0 Å². The summed E-state index contributed by atoms with van der Waals surface area (Å²) < 4.78 is 0. The molecule has 1 N–H and O–H groups in total. The fourth-order valence-corrected chi connectivity index (χ4v) is 4.82. The molecule has 2 amide bonds. The highest BCUT2D eigenvalue weighted by atomic mass is 16.2. The molecule has 5 nitrogen and oxygen atoms in total. The smallest absolute Gasteiger partial charge is 0.255 e. The molecule has 3 aromatic rings. The summed E-state index contributed by atoms with van der Waals surface area (Å²) in [5, 5.41) is 1.19. The number of carbonyl (C=O) groups excluding carboxylic acids is 2. The Labute approximate surface area is 170 Å². The molecule has 1 aromatic heterocycles. The Morgan fingerprint density at radius 2 is 1.79 bits per heavy atom. The van der Waals surface area contributed by atoms with Crippen LogP contribution in [0.15, 0.2) is 48.5 Å². The van der Waals surface area contributed by atoms with E-state index < -0.39 is 6.04 Å². The third-order valence-electron chi connectivity index (χ3n) is 6.26. The van der Waals surface area contributed by atoms with Crippen molar-refractivity contribution in [2.24, 2.45) is 5.92 Å². The number of aromatic nitrogens is 1. The van der Waals surface area contributed by atoms with Crippen LogP contribution >= 0.6 is 0 Å². The monoisotopic (exact) mass is 387 g/mol. The topological polar surface area (TPSA) is 56.4 Å². The first kappa shape index (κ1) is 18.0. The molecular weight excluding hydrogens is 362 g/mol. The van der Waals surface area contributed by atoms with E-state index in [0.29, 0.717) is 19.6 Å². The molecule has 0 aliphatic carbocycles. The zero-order valence-corrected chi connectivity index (χ0v) is 16.8. The van der Waals surface area contributed by atoms with Crippen LogP contribution in [0.2, 0.25) is 0 Å². The second kappa shape index (κ2) is 6.76. The fourth-order valence-electron chi connectivity index (χ4n) is 4.82. The second-order valence-electron chi connectivity index (χ2n) is 8.42. The van der Waals surface area contributed by atoms with Gasteiger partial charge >= 0.3 is 0 Å². The van der Waals surface area contributed by atoms with E-state index in [2.05, 4.69) is 17.1 Å². The molecule has 0 fully saturated rings. The summed E-state index contributed by atoms with van der Waals surface area (Å²) in [5.41, 5.74) is 5.29. The van der Waals surface area contributed by atoms with E-state index in [0.717, 1.165) is 23.1 Å². The number of benzene rings is 2. The van der Waals surface area contributed by atoms with Gasteiger partial charge in [0.2, 0.25) is 5.91 Å². The van der Waals surface area contributed by atoms with Crippen LogP contribution in [0.3, 0.4) is 0 Å².